The van der Waals surface area contributed by atoms with Gasteiger partial charge < -0.3 is 14.8 Å². The van der Waals surface area contributed by atoms with Gasteiger partial charge >= 0.3 is 5.97 Å². The van der Waals surface area contributed by atoms with Crippen LogP contribution in [0.3, 0.4) is 0 Å². The van der Waals surface area contributed by atoms with Crippen molar-refractivity contribution in [2.24, 2.45) is 5.92 Å². The first-order valence-corrected chi connectivity index (χ1v) is 10.1. The van der Waals surface area contributed by atoms with E-state index in [1.165, 1.54) is 18.4 Å². The zero-order chi connectivity index (χ0) is 19.6. The van der Waals surface area contributed by atoms with Gasteiger partial charge in [-0.05, 0) is 48.9 Å². The number of hydrogen-bond acceptors (Lipinski definition) is 5. The highest BCUT2D eigenvalue weighted by Crippen LogP contribution is 2.40. The molecule has 1 aromatic heterocycles. The number of halogens is 2. The van der Waals surface area contributed by atoms with Crippen molar-refractivity contribution in [3.8, 4) is 5.75 Å². The van der Waals surface area contributed by atoms with Gasteiger partial charge in [0, 0.05) is 9.90 Å². The molecule has 144 valence electrons. The second kappa shape index (κ2) is 8.50. The summed E-state index contributed by atoms with van der Waals surface area (Å²) in [6.07, 6.45) is 2.72. The number of anilines is 1. The Morgan fingerprint density at radius 3 is 2.81 bits per heavy atom. The number of benzene rings is 1. The SMILES string of the molecule is COC(=O)c1c(NC(=O)COc2ccc(Cl)cc2Cl)sc2c1CC[C@@H](C)C2. The molecule has 1 aliphatic rings. The van der Waals surface area contributed by atoms with Gasteiger partial charge in [-0.3, -0.25) is 4.79 Å². The van der Waals surface area contributed by atoms with Crippen molar-refractivity contribution in [1.29, 1.82) is 0 Å². The first kappa shape index (κ1) is 20.0. The molecule has 1 heterocycles. The Kier molecular flexibility index (Phi) is 6.29. The highest BCUT2D eigenvalue weighted by atomic mass is 35.5. The fraction of sp³-hybridized carbons (Fsp3) is 0.368. The predicted molar refractivity (Wildman–Crippen MR) is 107 cm³/mol. The summed E-state index contributed by atoms with van der Waals surface area (Å²) in [6, 6.07) is 4.77. The highest BCUT2D eigenvalue weighted by Gasteiger charge is 2.28. The summed E-state index contributed by atoms with van der Waals surface area (Å²) in [5.74, 6) is 0.112. The predicted octanol–water partition coefficient (Wildman–Crippen LogP) is 4.98. The van der Waals surface area contributed by atoms with Gasteiger partial charge in [-0.25, -0.2) is 4.79 Å². The Morgan fingerprint density at radius 1 is 1.33 bits per heavy atom. The Hall–Kier alpha value is -1.76. The molecule has 0 saturated carbocycles. The molecule has 0 radical (unpaired) electrons. The van der Waals surface area contributed by atoms with E-state index in [0.717, 1.165) is 29.7 Å². The number of fused-ring (bicyclic) bond motifs is 1. The van der Waals surface area contributed by atoms with Gasteiger partial charge in [-0.15, -0.1) is 11.3 Å². The van der Waals surface area contributed by atoms with Crippen molar-refractivity contribution < 1.29 is 19.1 Å². The van der Waals surface area contributed by atoms with Crippen molar-refractivity contribution in [3.63, 3.8) is 0 Å². The minimum absolute atomic E-state index is 0.235. The second-order valence-electron chi connectivity index (χ2n) is 6.46. The van der Waals surface area contributed by atoms with Crippen LogP contribution in [0.15, 0.2) is 18.2 Å². The van der Waals surface area contributed by atoms with Crippen LogP contribution in [0.4, 0.5) is 5.00 Å². The smallest absolute Gasteiger partial charge is 0.341 e. The van der Waals surface area contributed by atoms with Crippen LogP contribution in [0, 0.1) is 5.92 Å². The molecule has 27 heavy (non-hydrogen) atoms. The summed E-state index contributed by atoms with van der Waals surface area (Å²) in [7, 11) is 1.34. The number of hydrogen-bond donors (Lipinski definition) is 1. The fourth-order valence-corrected chi connectivity index (χ4v) is 4.93. The van der Waals surface area contributed by atoms with Crippen LogP contribution in [0.25, 0.3) is 0 Å². The van der Waals surface area contributed by atoms with Crippen molar-refractivity contribution in [3.05, 3.63) is 44.2 Å². The van der Waals surface area contributed by atoms with Gasteiger partial charge in [-0.2, -0.15) is 0 Å². The summed E-state index contributed by atoms with van der Waals surface area (Å²) >= 11 is 13.3. The molecule has 0 spiro atoms. The Balaban J connectivity index is 1.74. The van der Waals surface area contributed by atoms with E-state index in [1.54, 1.807) is 18.2 Å². The van der Waals surface area contributed by atoms with Crippen LogP contribution >= 0.6 is 34.5 Å². The number of rotatable bonds is 5. The summed E-state index contributed by atoms with van der Waals surface area (Å²) in [5, 5.41) is 4.10. The Morgan fingerprint density at radius 2 is 2.11 bits per heavy atom. The molecule has 1 atom stereocenters. The number of amides is 1. The quantitative estimate of drug-likeness (QED) is 0.682. The molecule has 0 unspecified atom stereocenters. The number of carbonyl (C=O) groups excluding carboxylic acids is 2. The molecule has 0 saturated heterocycles. The van der Waals surface area contributed by atoms with Crippen LogP contribution in [0.2, 0.25) is 10.0 Å². The largest absolute Gasteiger partial charge is 0.482 e. The van der Waals surface area contributed by atoms with E-state index in [2.05, 4.69) is 12.2 Å². The van der Waals surface area contributed by atoms with Crippen LogP contribution < -0.4 is 10.1 Å². The summed E-state index contributed by atoms with van der Waals surface area (Å²) in [6.45, 7) is 1.95. The molecule has 0 fully saturated rings. The maximum atomic E-state index is 12.4. The van der Waals surface area contributed by atoms with E-state index >= 15 is 0 Å². The lowest BCUT2D eigenvalue weighted by molar-refractivity contribution is -0.118. The van der Waals surface area contributed by atoms with Crippen molar-refractivity contribution in [2.75, 3.05) is 19.0 Å². The first-order valence-electron chi connectivity index (χ1n) is 8.49. The summed E-state index contributed by atoms with van der Waals surface area (Å²) in [5.41, 5.74) is 1.45. The van der Waals surface area contributed by atoms with E-state index in [1.807, 2.05) is 0 Å². The molecule has 1 aromatic carbocycles. The number of methoxy groups -OCH3 is 1. The average Bonchev–Trinajstić information content (AvgIpc) is 2.97. The molecule has 1 aliphatic carbocycles. The van der Waals surface area contributed by atoms with Crippen molar-refractivity contribution >= 4 is 51.4 Å². The minimum atomic E-state index is -0.431. The maximum absolute atomic E-state index is 12.4. The van der Waals surface area contributed by atoms with Gasteiger partial charge in [-0.1, -0.05) is 30.1 Å². The summed E-state index contributed by atoms with van der Waals surface area (Å²) < 4.78 is 10.4. The Labute approximate surface area is 171 Å². The normalized spacial score (nSPS) is 15.8. The molecule has 1 N–H and O–H groups in total. The van der Waals surface area contributed by atoms with Crippen molar-refractivity contribution in [1.82, 2.24) is 0 Å². The molecular formula is C19H19Cl2NO4S. The first-order chi connectivity index (χ1) is 12.9. The lowest BCUT2D eigenvalue weighted by Crippen LogP contribution is -2.21. The number of thiophene rings is 1. The van der Waals surface area contributed by atoms with Crippen molar-refractivity contribution in [2.45, 2.75) is 26.2 Å². The van der Waals surface area contributed by atoms with Crippen LogP contribution in [0.5, 0.6) is 5.75 Å². The molecular weight excluding hydrogens is 409 g/mol. The van der Waals surface area contributed by atoms with E-state index in [9.17, 15) is 9.59 Å². The van der Waals surface area contributed by atoms with E-state index in [0.29, 0.717) is 32.3 Å². The Bertz CT molecular complexity index is 881. The number of nitrogens with one attached hydrogen (secondary N) is 1. The summed E-state index contributed by atoms with van der Waals surface area (Å²) in [4.78, 5) is 25.7. The lowest BCUT2D eigenvalue weighted by atomic mass is 9.88. The molecule has 0 bridgehead atoms. The van der Waals surface area contributed by atoms with Gasteiger partial charge in [0.15, 0.2) is 6.61 Å². The molecule has 8 heteroatoms. The molecule has 3 rings (SSSR count). The highest BCUT2D eigenvalue weighted by molar-refractivity contribution is 7.17. The zero-order valence-electron chi connectivity index (χ0n) is 14.9. The maximum Gasteiger partial charge on any atom is 0.341 e. The van der Waals surface area contributed by atoms with Gasteiger partial charge in [0.1, 0.15) is 10.8 Å². The molecule has 1 amide bonds. The fourth-order valence-electron chi connectivity index (χ4n) is 3.06. The topological polar surface area (TPSA) is 64.6 Å². The zero-order valence-corrected chi connectivity index (χ0v) is 17.3. The number of carbonyl (C=O) groups is 2. The van der Waals surface area contributed by atoms with Gasteiger partial charge in [0.2, 0.25) is 0 Å². The number of ether oxygens (including phenoxy) is 2. The monoisotopic (exact) mass is 427 g/mol. The molecule has 2 aromatic rings. The van der Waals surface area contributed by atoms with Crippen LogP contribution in [0.1, 0.15) is 34.1 Å². The third-order valence-corrected chi connectivity index (χ3v) is 6.11. The molecule has 5 nitrogen and oxygen atoms in total. The van der Waals surface area contributed by atoms with Gasteiger partial charge in [0.25, 0.3) is 5.91 Å². The molecule has 0 aliphatic heterocycles. The minimum Gasteiger partial charge on any atom is -0.482 e. The van der Waals surface area contributed by atoms with Crippen LogP contribution in [-0.4, -0.2) is 25.6 Å². The second-order valence-corrected chi connectivity index (χ2v) is 8.41. The van der Waals surface area contributed by atoms with E-state index in [4.69, 9.17) is 32.7 Å². The average molecular weight is 428 g/mol. The lowest BCUT2D eigenvalue weighted by Gasteiger charge is -2.18. The third-order valence-electron chi connectivity index (χ3n) is 4.41. The third kappa shape index (κ3) is 4.57. The number of esters is 1. The standard InChI is InChI=1S/C19H19Cl2NO4S/c1-10-3-5-12-15(7-10)27-18(17(12)19(24)25-2)22-16(23)9-26-14-6-4-11(20)8-13(14)21/h4,6,8,10H,3,5,7,9H2,1-2H3,(H,22,23)/t10-/m1/s1. The van der Waals surface area contributed by atoms with E-state index < -0.39 is 5.97 Å². The van der Waals surface area contributed by atoms with E-state index in [-0.39, 0.29) is 12.5 Å². The van der Waals surface area contributed by atoms with Gasteiger partial charge in [0.05, 0.1) is 17.7 Å². The van der Waals surface area contributed by atoms with Crippen LogP contribution in [-0.2, 0) is 22.4 Å².